The monoisotopic (exact) mass is 723 g/mol. The summed E-state index contributed by atoms with van der Waals surface area (Å²) in [6, 6.07) is -1.31. The highest BCUT2D eigenvalue weighted by atomic mass is 32.2. The van der Waals surface area contributed by atoms with Crippen LogP contribution >= 0.6 is 11.8 Å². The van der Waals surface area contributed by atoms with Crippen LogP contribution in [0.2, 0.25) is 0 Å². The number of fused-ring (bicyclic) bond motifs is 11. The lowest BCUT2D eigenvalue weighted by Gasteiger charge is -2.64. The predicted octanol–water partition coefficient (Wildman–Crippen LogP) is 3.93. The number of ether oxygens (including phenoxy) is 3. The van der Waals surface area contributed by atoms with Crippen LogP contribution in [0.5, 0.6) is 23.0 Å². The number of rotatable bonds is 3. The molecule has 4 heterocycles. The molecule has 4 aliphatic heterocycles. The topological polar surface area (TPSA) is 158 Å². The number of cyclic esters (lactones) is 1. The Labute approximate surface area is 302 Å². The Hall–Kier alpha value is -3.52. The summed E-state index contributed by atoms with van der Waals surface area (Å²) in [5, 5.41) is 39.6. The first-order chi connectivity index (χ1) is 23.6. The summed E-state index contributed by atoms with van der Waals surface area (Å²) in [4.78, 5) is 43.4. The highest BCUT2D eigenvalue weighted by Crippen LogP contribution is 2.75. The Bertz CT molecular complexity index is 1930. The largest absolute Gasteiger partial charge is 0.507 e. The molecule has 276 valence electrons. The summed E-state index contributed by atoms with van der Waals surface area (Å²) >= 11 is 1.37. The standard InChI is InChI=1S/C38H49N3O9S/c1-15-13-20-24(26(44)16(15)2)37(9)32-25-30-23-22(27(45)29(48-12)17(3)28(23)49-19(5)43)31(41(25)38(10,47)34(40(32)11)36(20,37)8)35(6,7)50-33(46)21(14-51-30)39-18(4)42/h13,21,25,30-32,34,44-45,47H,14H2,1-12H3,(H,39,42)/t21-,25-,30+,31?,32?,34-,36+,37?,38?/m0/s1. The number of nitrogens with zero attached hydrogens (tertiary/aromatic N) is 2. The molecular formula is C38H49N3O9S. The number of thioether (sulfide) groups is 1. The molecule has 1 aliphatic carbocycles. The van der Waals surface area contributed by atoms with E-state index in [1.54, 1.807) is 27.7 Å². The fraction of sp³-hybridized carbons (Fsp3) is 0.605. The third kappa shape index (κ3) is 4.23. The number of hydrogen-bond donors (Lipinski definition) is 4. The van der Waals surface area contributed by atoms with Crippen molar-refractivity contribution in [1.29, 1.82) is 0 Å². The Kier molecular flexibility index (Phi) is 7.74. The normalized spacial score (nSPS) is 36.1. The van der Waals surface area contributed by atoms with Crippen molar-refractivity contribution in [1.82, 2.24) is 15.1 Å². The van der Waals surface area contributed by atoms with Gasteiger partial charge < -0.3 is 34.8 Å². The molecule has 51 heavy (non-hydrogen) atoms. The number of benzene rings is 2. The molecule has 0 radical (unpaired) electrons. The first-order valence-electron chi connectivity index (χ1n) is 17.4. The van der Waals surface area contributed by atoms with Gasteiger partial charge in [-0.25, -0.2) is 4.79 Å². The van der Waals surface area contributed by atoms with Gasteiger partial charge in [0.1, 0.15) is 28.9 Å². The van der Waals surface area contributed by atoms with Gasteiger partial charge in [-0.3, -0.25) is 19.4 Å². The average molecular weight is 724 g/mol. The minimum Gasteiger partial charge on any atom is -0.507 e. The van der Waals surface area contributed by atoms with E-state index in [0.29, 0.717) is 16.7 Å². The Balaban J connectivity index is 1.61. The van der Waals surface area contributed by atoms with Gasteiger partial charge in [0.2, 0.25) is 5.91 Å². The summed E-state index contributed by atoms with van der Waals surface area (Å²) in [5.41, 5.74) is 0.448. The maximum atomic E-state index is 13.9. The van der Waals surface area contributed by atoms with E-state index in [4.69, 9.17) is 14.2 Å². The van der Waals surface area contributed by atoms with Crippen LogP contribution < -0.4 is 14.8 Å². The lowest BCUT2D eigenvalue weighted by molar-refractivity contribution is -0.247. The summed E-state index contributed by atoms with van der Waals surface area (Å²) in [7, 11) is 3.44. The molecule has 0 spiro atoms. The molecule has 7 rings (SSSR count). The molecular weight excluding hydrogens is 674 g/mol. The second-order valence-electron chi connectivity index (χ2n) is 16.2. The number of nitrogens with one attached hydrogen (secondary N) is 1. The van der Waals surface area contributed by atoms with Gasteiger partial charge in [0, 0.05) is 64.8 Å². The highest BCUT2D eigenvalue weighted by Gasteiger charge is 2.82. The van der Waals surface area contributed by atoms with E-state index in [9.17, 15) is 29.7 Å². The summed E-state index contributed by atoms with van der Waals surface area (Å²) in [5.74, 6) is -1.16. The molecule has 4 unspecified atom stereocenters. The summed E-state index contributed by atoms with van der Waals surface area (Å²) < 4.78 is 18.1. The van der Waals surface area contributed by atoms with Crippen molar-refractivity contribution in [3.63, 3.8) is 0 Å². The number of hydrogen-bond acceptors (Lipinski definition) is 12. The highest BCUT2D eigenvalue weighted by molar-refractivity contribution is 7.99. The lowest BCUT2D eigenvalue weighted by atomic mass is 9.44. The van der Waals surface area contributed by atoms with Gasteiger partial charge in [-0.15, -0.1) is 11.8 Å². The van der Waals surface area contributed by atoms with E-state index in [1.807, 2.05) is 25.8 Å². The van der Waals surface area contributed by atoms with Crippen LogP contribution in [0.4, 0.5) is 0 Å². The number of amides is 1. The quantitative estimate of drug-likeness (QED) is 0.268. The molecule has 13 heteroatoms. The number of phenols is 2. The number of aryl methyl sites for hydroxylation is 1. The molecule has 4 N–H and O–H groups in total. The van der Waals surface area contributed by atoms with Gasteiger partial charge in [-0.1, -0.05) is 19.9 Å². The second kappa shape index (κ2) is 11.0. The van der Waals surface area contributed by atoms with Crippen LogP contribution in [0, 0.1) is 20.8 Å². The first-order valence-corrected chi connectivity index (χ1v) is 18.5. The fourth-order valence-corrected chi connectivity index (χ4v) is 12.6. The molecule has 3 fully saturated rings. The van der Waals surface area contributed by atoms with Crippen LogP contribution in [0.15, 0.2) is 6.07 Å². The smallest absolute Gasteiger partial charge is 0.330 e. The van der Waals surface area contributed by atoms with Gasteiger partial charge in [-0.05, 0) is 65.3 Å². The number of esters is 2. The van der Waals surface area contributed by atoms with Crippen LogP contribution in [0.3, 0.4) is 0 Å². The molecule has 2 aromatic carbocycles. The van der Waals surface area contributed by atoms with Gasteiger partial charge in [-0.2, -0.15) is 0 Å². The number of aromatic hydroxyl groups is 2. The van der Waals surface area contributed by atoms with Crippen molar-refractivity contribution in [2.45, 2.75) is 127 Å². The van der Waals surface area contributed by atoms with E-state index in [-0.39, 0.29) is 34.8 Å². The van der Waals surface area contributed by atoms with Crippen molar-refractivity contribution in [3.8, 4) is 23.0 Å². The number of carbonyl (C=O) groups excluding carboxylic acids is 3. The summed E-state index contributed by atoms with van der Waals surface area (Å²) in [6.45, 7) is 17.8. The number of likely N-dealkylation sites (N-methyl/N-ethyl adjacent to an activating group) is 1. The Morgan fingerprint density at radius 3 is 2.24 bits per heavy atom. The minimum atomic E-state index is -1.62. The zero-order valence-corrected chi connectivity index (χ0v) is 32.2. The minimum absolute atomic E-state index is 0.0785. The Morgan fingerprint density at radius 2 is 1.65 bits per heavy atom. The van der Waals surface area contributed by atoms with Gasteiger partial charge >= 0.3 is 11.9 Å². The molecule has 4 bridgehead atoms. The molecule has 1 amide bonds. The van der Waals surface area contributed by atoms with E-state index in [0.717, 1.165) is 22.3 Å². The van der Waals surface area contributed by atoms with Gasteiger partial charge in [0.25, 0.3) is 0 Å². The number of methoxy groups -OCH3 is 1. The molecule has 12 nitrogen and oxygen atoms in total. The molecule has 0 saturated carbocycles. The number of carbonyl (C=O) groups is 3. The fourth-order valence-electron chi connectivity index (χ4n) is 11.1. The van der Waals surface area contributed by atoms with Gasteiger partial charge in [0.05, 0.1) is 24.4 Å². The Morgan fingerprint density at radius 1 is 1.00 bits per heavy atom. The molecule has 3 saturated heterocycles. The zero-order chi connectivity index (χ0) is 37.7. The lowest BCUT2D eigenvalue weighted by Crippen LogP contribution is -2.76. The first kappa shape index (κ1) is 35.9. The zero-order valence-electron chi connectivity index (χ0n) is 31.3. The summed E-state index contributed by atoms with van der Waals surface area (Å²) in [6.07, 6.45) is 0. The van der Waals surface area contributed by atoms with Crippen LogP contribution in [-0.2, 0) is 30.0 Å². The van der Waals surface area contributed by atoms with Gasteiger partial charge in [0.15, 0.2) is 11.5 Å². The van der Waals surface area contributed by atoms with Crippen LogP contribution in [-0.4, -0.2) is 98.4 Å². The molecule has 5 aliphatic rings. The van der Waals surface area contributed by atoms with Crippen LogP contribution in [0.25, 0.3) is 0 Å². The molecule has 0 aromatic heterocycles. The maximum Gasteiger partial charge on any atom is 0.330 e. The third-order valence-electron chi connectivity index (χ3n) is 13.1. The van der Waals surface area contributed by atoms with E-state index >= 15 is 0 Å². The average Bonchev–Trinajstić information content (AvgIpc) is 3.14. The maximum absolute atomic E-state index is 13.9. The van der Waals surface area contributed by atoms with E-state index in [2.05, 4.69) is 30.1 Å². The van der Waals surface area contributed by atoms with Crippen molar-refractivity contribution in [2.24, 2.45) is 0 Å². The second-order valence-corrected chi connectivity index (χ2v) is 17.4. The van der Waals surface area contributed by atoms with E-state index in [1.165, 1.54) is 32.7 Å². The number of aliphatic hydroxyl groups is 1. The van der Waals surface area contributed by atoms with Crippen molar-refractivity contribution < 1.29 is 43.9 Å². The van der Waals surface area contributed by atoms with Crippen LogP contribution in [0.1, 0.15) is 98.7 Å². The predicted molar refractivity (Wildman–Crippen MR) is 190 cm³/mol. The number of piperazine rings is 1. The third-order valence-corrected chi connectivity index (χ3v) is 14.4. The molecule has 9 atom stereocenters. The van der Waals surface area contributed by atoms with Crippen molar-refractivity contribution in [2.75, 3.05) is 19.9 Å². The molecule has 2 aromatic rings. The van der Waals surface area contributed by atoms with Crippen molar-refractivity contribution in [3.05, 3.63) is 45.0 Å². The SMILES string of the molecule is COc1c(C)c(OC(C)=O)c2c(c1O)C1N3[C@H](C4N(C)[C@H](C3(C)O)[C@@]3(C)c5cc(C)c(C)c(O)c5C43C)[C@@H]2SC[C@H](NC(C)=O)C(=O)OC1(C)C. The van der Waals surface area contributed by atoms with E-state index < -0.39 is 69.4 Å². The van der Waals surface area contributed by atoms with Crippen molar-refractivity contribution >= 4 is 29.6 Å². The number of phenolic OH excluding ortho intramolecular Hbond substituents is 2.